The molecule has 0 radical (unpaired) electrons. The van der Waals surface area contributed by atoms with Gasteiger partial charge in [0.25, 0.3) is 0 Å². The molecule has 2 rings (SSSR count). The third-order valence-electron chi connectivity index (χ3n) is 3.37. The molecule has 5 heteroatoms. The number of anilines is 1. The van der Waals surface area contributed by atoms with Crippen LogP contribution in [0.15, 0.2) is 48.5 Å². The van der Waals surface area contributed by atoms with Crippen LogP contribution in [0.25, 0.3) is 0 Å². The topological polar surface area (TPSA) is 50.4 Å². The average Bonchev–Trinajstić information content (AvgIpc) is 2.54. The van der Waals surface area contributed by atoms with Gasteiger partial charge in [-0.2, -0.15) is 0 Å². The van der Waals surface area contributed by atoms with Gasteiger partial charge >= 0.3 is 6.09 Å². The first-order valence-corrected chi connectivity index (χ1v) is 7.41. The molecule has 0 saturated carbocycles. The van der Waals surface area contributed by atoms with Crippen molar-refractivity contribution >= 4 is 23.4 Å². The molecule has 2 N–H and O–H groups in total. The van der Waals surface area contributed by atoms with Crippen molar-refractivity contribution < 1.29 is 9.53 Å². The van der Waals surface area contributed by atoms with Crippen LogP contribution in [0.2, 0.25) is 5.02 Å². The Kier molecular flexibility index (Phi) is 5.81. The van der Waals surface area contributed by atoms with E-state index in [4.69, 9.17) is 16.3 Å². The molecule has 22 heavy (non-hydrogen) atoms. The number of carbonyl (C=O) groups is 1. The largest absolute Gasteiger partial charge is 0.444 e. The number of halogens is 1. The van der Waals surface area contributed by atoms with E-state index in [9.17, 15) is 4.79 Å². The smallest absolute Gasteiger partial charge is 0.411 e. The SMILES string of the molecule is CN[C@@H](C)c1ccc(NC(=O)OCc2ccc(Cl)cc2)cc1. The van der Waals surface area contributed by atoms with Crippen LogP contribution >= 0.6 is 11.6 Å². The summed E-state index contributed by atoms with van der Waals surface area (Å²) in [5, 5.41) is 6.52. The highest BCUT2D eigenvalue weighted by Crippen LogP contribution is 2.16. The third-order valence-corrected chi connectivity index (χ3v) is 3.63. The van der Waals surface area contributed by atoms with Gasteiger partial charge in [-0.25, -0.2) is 4.79 Å². The van der Waals surface area contributed by atoms with Crippen LogP contribution < -0.4 is 10.6 Å². The number of rotatable bonds is 5. The van der Waals surface area contributed by atoms with E-state index in [0.29, 0.717) is 10.7 Å². The fourth-order valence-corrected chi connectivity index (χ4v) is 2.03. The second-order valence-corrected chi connectivity index (χ2v) is 5.40. The van der Waals surface area contributed by atoms with E-state index in [1.165, 1.54) is 0 Å². The lowest BCUT2D eigenvalue weighted by molar-refractivity contribution is 0.155. The highest BCUT2D eigenvalue weighted by atomic mass is 35.5. The van der Waals surface area contributed by atoms with Crippen LogP contribution in [0.1, 0.15) is 24.1 Å². The zero-order valence-electron chi connectivity index (χ0n) is 12.6. The van der Waals surface area contributed by atoms with Crippen LogP contribution in [0, 0.1) is 0 Å². The summed E-state index contributed by atoms with van der Waals surface area (Å²) in [4.78, 5) is 11.8. The summed E-state index contributed by atoms with van der Waals surface area (Å²) in [6.45, 7) is 2.28. The van der Waals surface area contributed by atoms with Gasteiger partial charge in [-0.05, 0) is 49.4 Å². The highest BCUT2D eigenvalue weighted by molar-refractivity contribution is 6.30. The molecule has 0 fully saturated rings. The van der Waals surface area contributed by atoms with E-state index >= 15 is 0 Å². The maximum atomic E-state index is 11.8. The van der Waals surface area contributed by atoms with Crippen LogP contribution in [0.5, 0.6) is 0 Å². The molecule has 2 aromatic rings. The summed E-state index contributed by atoms with van der Waals surface area (Å²) in [7, 11) is 1.91. The number of ether oxygens (including phenoxy) is 1. The lowest BCUT2D eigenvalue weighted by atomic mass is 10.1. The Morgan fingerprint density at radius 3 is 2.36 bits per heavy atom. The first-order valence-electron chi connectivity index (χ1n) is 7.04. The Balaban J connectivity index is 1.85. The summed E-state index contributed by atoms with van der Waals surface area (Å²) in [5.41, 5.74) is 2.74. The maximum absolute atomic E-state index is 11.8. The van der Waals surface area contributed by atoms with E-state index in [-0.39, 0.29) is 12.6 Å². The number of hydrogen-bond acceptors (Lipinski definition) is 3. The average molecular weight is 319 g/mol. The van der Waals surface area contributed by atoms with Crippen molar-refractivity contribution in [1.82, 2.24) is 5.32 Å². The van der Waals surface area contributed by atoms with Crippen molar-refractivity contribution in [1.29, 1.82) is 0 Å². The summed E-state index contributed by atoms with van der Waals surface area (Å²) >= 11 is 5.80. The van der Waals surface area contributed by atoms with Crippen LogP contribution in [-0.4, -0.2) is 13.1 Å². The molecule has 0 heterocycles. The van der Waals surface area contributed by atoms with Crippen LogP contribution in [0.4, 0.5) is 10.5 Å². The van der Waals surface area contributed by atoms with Crippen LogP contribution in [0.3, 0.4) is 0 Å². The zero-order chi connectivity index (χ0) is 15.9. The van der Waals surface area contributed by atoms with E-state index in [0.717, 1.165) is 11.1 Å². The zero-order valence-corrected chi connectivity index (χ0v) is 13.4. The Morgan fingerprint density at radius 2 is 1.77 bits per heavy atom. The first kappa shape index (κ1) is 16.3. The second-order valence-electron chi connectivity index (χ2n) is 4.96. The minimum atomic E-state index is -0.482. The normalized spacial score (nSPS) is 11.8. The van der Waals surface area contributed by atoms with Crippen molar-refractivity contribution in [2.75, 3.05) is 12.4 Å². The van der Waals surface area contributed by atoms with Gasteiger partial charge in [-0.15, -0.1) is 0 Å². The van der Waals surface area contributed by atoms with Crippen molar-refractivity contribution in [3.8, 4) is 0 Å². The van der Waals surface area contributed by atoms with Gasteiger partial charge in [0.1, 0.15) is 6.61 Å². The van der Waals surface area contributed by atoms with Gasteiger partial charge < -0.3 is 10.1 Å². The second kappa shape index (κ2) is 7.82. The molecule has 0 saturated heterocycles. The molecule has 1 amide bonds. The molecule has 4 nitrogen and oxygen atoms in total. The molecule has 0 aliphatic carbocycles. The quantitative estimate of drug-likeness (QED) is 0.860. The molecule has 0 spiro atoms. The van der Waals surface area contributed by atoms with Crippen molar-refractivity contribution in [2.24, 2.45) is 0 Å². The molecule has 0 aliphatic rings. The lowest BCUT2D eigenvalue weighted by Crippen LogP contribution is -2.14. The van der Waals surface area contributed by atoms with Crippen LogP contribution in [-0.2, 0) is 11.3 Å². The Bertz CT molecular complexity index is 612. The summed E-state index contributed by atoms with van der Waals surface area (Å²) < 4.78 is 5.17. The highest BCUT2D eigenvalue weighted by Gasteiger charge is 2.06. The molecule has 116 valence electrons. The van der Waals surface area contributed by atoms with Crippen molar-refractivity contribution in [3.63, 3.8) is 0 Å². The Hall–Kier alpha value is -2.04. The number of hydrogen-bond donors (Lipinski definition) is 2. The molecule has 0 bridgehead atoms. The van der Waals surface area contributed by atoms with Gasteiger partial charge in [-0.3, -0.25) is 5.32 Å². The van der Waals surface area contributed by atoms with Gasteiger partial charge in [0.05, 0.1) is 0 Å². The Labute approximate surface area is 135 Å². The lowest BCUT2D eigenvalue weighted by Gasteiger charge is -2.12. The molecule has 0 aromatic heterocycles. The molecular formula is C17H19ClN2O2. The molecule has 1 atom stereocenters. The molecule has 2 aromatic carbocycles. The Morgan fingerprint density at radius 1 is 1.14 bits per heavy atom. The maximum Gasteiger partial charge on any atom is 0.411 e. The van der Waals surface area contributed by atoms with Crippen molar-refractivity contribution in [2.45, 2.75) is 19.6 Å². The number of carbonyl (C=O) groups excluding carboxylic acids is 1. The van der Waals surface area contributed by atoms with Crippen molar-refractivity contribution in [3.05, 3.63) is 64.7 Å². The summed E-state index contributed by atoms with van der Waals surface area (Å²) in [5.74, 6) is 0. The molecular weight excluding hydrogens is 300 g/mol. The summed E-state index contributed by atoms with van der Waals surface area (Å²) in [6.07, 6.45) is -0.482. The van der Waals surface area contributed by atoms with E-state index < -0.39 is 6.09 Å². The van der Waals surface area contributed by atoms with Gasteiger partial charge in [0.15, 0.2) is 0 Å². The number of benzene rings is 2. The van der Waals surface area contributed by atoms with E-state index in [1.54, 1.807) is 12.1 Å². The van der Waals surface area contributed by atoms with E-state index in [1.807, 2.05) is 43.4 Å². The predicted octanol–water partition coefficient (Wildman–Crippen LogP) is 4.37. The van der Waals surface area contributed by atoms with Gasteiger partial charge in [0.2, 0.25) is 0 Å². The minimum absolute atomic E-state index is 0.206. The molecule has 0 aliphatic heterocycles. The fraction of sp³-hybridized carbons (Fsp3) is 0.235. The molecule has 0 unspecified atom stereocenters. The van der Waals surface area contributed by atoms with Gasteiger partial charge in [-0.1, -0.05) is 35.9 Å². The number of nitrogens with one attached hydrogen (secondary N) is 2. The van der Waals surface area contributed by atoms with Gasteiger partial charge in [0, 0.05) is 16.8 Å². The summed E-state index contributed by atoms with van der Waals surface area (Å²) in [6, 6.07) is 15.1. The monoisotopic (exact) mass is 318 g/mol. The van der Waals surface area contributed by atoms with E-state index in [2.05, 4.69) is 17.6 Å². The number of amides is 1. The standard InChI is InChI=1S/C17H19ClN2O2/c1-12(19-2)14-5-9-16(10-6-14)20-17(21)22-11-13-3-7-15(18)8-4-13/h3-10,12,19H,11H2,1-2H3,(H,20,21)/t12-/m0/s1. The third kappa shape index (κ3) is 4.76. The minimum Gasteiger partial charge on any atom is -0.444 e. The first-order chi connectivity index (χ1) is 10.6. The predicted molar refractivity (Wildman–Crippen MR) is 89.2 cm³/mol. The fourth-order valence-electron chi connectivity index (χ4n) is 1.91.